The summed E-state index contributed by atoms with van der Waals surface area (Å²) in [5.41, 5.74) is 3.14. The molecular formula is C23H25N3O2. The van der Waals surface area contributed by atoms with E-state index in [0.717, 1.165) is 54.6 Å². The van der Waals surface area contributed by atoms with Crippen molar-refractivity contribution in [1.82, 2.24) is 9.88 Å². The molecule has 28 heavy (non-hydrogen) atoms. The molecule has 4 rings (SSSR count). The van der Waals surface area contributed by atoms with E-state index in [1.165, 1.54) is 0 Å². The number of nitrogens with one attached hydrogen (secondary N) is 1. The van der Waals surface area contributed by atoms with Crippen LogP contribution in [0.1, 0.15) is 18.4 Å². The van der Waals surface area contributed by atoms with Crippen molar-refractivity contribution < 1.29 is 9.53 Å². The Balaban J connectivity index is 1.24. The molecular weight excluding hydrogens is 350 g/mol. The van der Waals surface area contributed by atoms with Crippen LogP contribution in [0, 0.1) is 5.92 Å². The second-order valence-corrected chi connectivity index (χ2v) is 7.23. The van der Waals surface area contributed by atoms with E-state index in [0.29, 0.717) is 12.5 Å². The minimum atomic E-state index is -0.213. The molecule has 2 heterocycles. The Hall–Kier alpha value is -3.08. The van der Waals surface area contributed by atoms with Gasteiger partial charge in [-0.3, -0.25) is 4.98 Å². The van der Waals surface area contributed by atoms with Crippen LogP contribution in [0.25, 0.3) is 10.9 Å². The van der Waals surface area contributed by atoms with Crippen LogP contribution in [0.5, 0.6) is 0 Å². The van der Waals surface area contributed by atoms with Gasteiger partial charge in [-0.25, -0.2) is 4.79 Å². The minimum Gasteiger partial charge on any atom is -0.445 e. The molecule has 2 aromatic carbocycles. The summed E-state index contributed by atoms with van der Waals surface area (Å²) < 4.78 is 5.44. The van der Waals surface area contributed by atoms with Crippen LogP contribution >= 0.6 is 0 Å². The third-order valence-corrected chi connectivity index (χ3v) is 5.31. The quantitative estimate of drug-likeness (QED) is 0.703. The van der Waals surface area contributed by atoms with Gasteiger partial charge in [0.05, 0.1) is 5.52 Å². The number of aromatic nitrogens is 1. The molecule has 5 heteroatoms. The van der Waals surface area contributed by atoms with Gasteiger partial charge in [-0.05, 0) is 36.5 Å². The number of hydrogen-bond donors (Lipinski definition) is 1. The Morgan fingerprint density at radius 3 is 2.61 bits per heavy atom. The van der Waals surface area contributed by atoms with Crippen LogP contribution < -0.4 is 5.32 Å². The van der Waals surface area contributed by atoms with Gasteiger partial charge in [0.15, 0.2) is 0 Å². The monoisotopic (exact) mass is 375 g/mol. The number of fused-ring (bicyclic) bond motifs is 1. The van der Waals surface area contributed by atoms with E-state index in [1.807, 2.05) is 65.7 Å². The summed E-state index contributed by atoms with van der Waals surface area (Å²) in [5.74, 6) is 0.546. The number of carbonyl (C=O) groups excluding carboxylic acids is 1. The molecule has 0 atom stereocenters. The standard InChI is InChI=1S/C23H25N3O2/c27-23(28-17-19-6-2-1-3-7-19)26-14-11-18(12-15-26)16-25-22-10-13-24-21-9-5-4-8-20(21)22/h1-10,13,18H,11-12,14-17H2,(H,24,25). The highest BCUT2D eigenvalue weighted by molar-refractivity contribution is 5.90. The Morgan fingerprint density at radius 2 is 1.79 bits per heavy atom. The van der Waals surface area contributed by atoms with E-state index in [1.54, 1.807) is 0 Å². The molecule has 0 radical (unpaired) electrons. The number of carbonyl (C=O) groups is 1. The number of benzene rings is 2. The van der Waals surface area contributed by atoms with Crippen molar-refractivity contribution in [3.8, 4) is 0 Å². The van der Waals surface area contributed by atoms with Crippen molar-refractivity contribution >= 4 is 22.7 Å². The summed E-state index contributed by atoms with van der Waals surface area (Å²) in [7, 11) is 0. The highest BCUT2D eigenvalue weighted by Crippen LogP contribution is 2.23. The number of rotatable bonds is 5. The number of para-hydroxylation sites is 1. The molecule has 0 aliphatic carbocycles. The molecule has 0 bridgehead atoms. The predicted octanol–water partition coefficient (Wildman–Crippen LogP) is 4.70. The van der Waals surface area contributed by atoms with E-state index in [9.17, 15) is 4.79 Å². The Morgan fingerprint density at radius 1 is 1.04 bits per heavy atom. The molecule has 1 saturated heterocycles. The average molecular weight is 375 g/mol. The Kier molecular flexibility index (Phi) is 5.71. The van der Waals surface area contributed by atoms with Gasteiger partial charge in [0.1, 0.15) is 6.61 Å². The third kappa shape index (κ3) is 4.42. The van der Waals surface area contributed by atoms with E-state index in [-0.39, 0.29) is 6.09 Å². The summed E-state index contributed by atoms with van der Waals surface area (Å²) >= 11 is 0. The van der Waals surface area contributed by atoms with E-state index < -0.39 is 0 Å². The summed E-state index contributed by atoms with van der Waals surface area (Å²) in [6.45, 7) is 2.73. The number of ether oxygens (including phenoxy) is 1. The lowest BCUT2D eigenvalue weighted by molar-refractivity contribution is 0.0832. The molecule has 5 nitrogen and oxygen atoms in total. The van der Waals surface area contributed by atoms with Crippen molar-refractivity contribution in [3.05, 3.63) is 72.4 Å². The summed E-state index contributed by atoms with van der Waals surface area (Å²) in [5, 5.41) is 4.72. The molecule has 1 N–H and O–H groups in total. The largest absolute Gasteiger partial charge is 0.445 e. The number of piperidine rings is 1. The van der Waals surface area contributed by atoms with E-state index >= 15 is 0 Å². The van der Waals surface area contributed by atoms with Crippen LogP contribution in [0.2, 0.25) is 0 Å². The van der Waals surface area contributed by atoms with Crippen LogP contribution in [0.15, 0.2) is 66.9 Å². The van der Waals surface area contributed by atoms with Gasteiger partial charge in [0, 0.05) is 36.9 Å². The second kappa shape index (κ2) is 8.74. The SMILES string of the molecule is O=C(OCc1ccccc1)N1CCC(CNc2ccnc3ccccc23)CC1. The van der Waals surface area contributed by atoms with Crippen LogP contribution in [-0.4, -0.2) is 35.6 Å². The van der Waals surface area contributed by atoms with Gasteiger partial charge >= 0.3 is 6.09 Å². The Bertz CT molecular complexity index is 916. The molecule has 1 fully saturated rings. The summed E-state index contributed by atoms with van der Waals surface area (Å²) in [6.07, 6.45) is 3.60. The highest BCUT2D eigenvalue weighted by atomic mass is 16.6. The van der Waals surface area contributed by atoms with Gasteiger partial charge in [-0.1, -0.05) is 48.5 Å². The first-order chi connectivity index (χ1) is 13.8. The first-order valence-electron chi connectivity index (χ1n) is 9.83. The minimum absolute atomic E-state index is 0.213. The number of hydrogen-bond acceptors (Lipinski definition) is 4. The second-order valence-electron chi connectivity index (χ2n) is 7.23. The topological polar surface area (TPSA) is 54.5 Å². The lowest BCUT2D eigenvalue weighted by Gasteiger charge is -2.31. The fraction of sp³-hybridized carbons (Fsp3) is 0.304. The first-order valence-corrected chi connectivity index (χ1v) is 9.83. The Labute approximate surface area is 165 Å². The number of likely N-dealkylation sites (tertiary alicyclic amines) is 1. The van der Waals surface area contributed by atoms with Crippen molar-refractivity contribution in [1.29, 1.82) is 0 Å². The highest BCUT2D eigenvalue weighted by Gasteiger charge is 2.23. The molecule has 0 spiro atoms. The smallest absolute Gasteiger partial charge is 0.410 e. The zero-order valence-corrected chi connectivity index (χ0v) is 15.9. The lowest BCUT2D eigenvalue weighted by Crippen LogP contribution is -2.40. The van der Waals surface area contributed by atoms with Crippen LogP contribution in [0.3, 0.4) is 0 Å². The maximum atomic E-state index is 12.3. The first kappa shape index (κ1) is 18.3. The number of pyridine rings is 1. The molecule has 1 aliphatic rings. The fourth-order valence-corrected chi connectivity index (χ4v) is 3.63. The molecule has 1 aliphatic heterocycles. The zero-order chi connectivity index (χ0) is 19.2. The van der Waals surface area contributed by atoms with Gasteiger partial charge in [0.25, 0.3) is 0 Å². The molecule has 1 amide bonds. The lowest BCUT2D eigenvalue weighted by atomic mass is 9.97. The van der Waals surface area contributed by atoms with Crippen molar-refractivity contribution in [2.75, 3.05) is 25.0 Å². The van der Waals surface area contributed by atoms with Gasteiger partial charge < -0.3 is 15.0 Å². The number of nitrogens with zero attached hydrogens (tertiary/aromatic N) is 2. The zero-order valence-electron chi connectivity index (χ0n) is 15.9. The van der Waals surface area contributed by atoms with Gasteiger partial charge in [0.2, 0.25) is 0 Å². The summed E-state index contributed by atoms with van der Waals surface area (Å²) in [6, 6.07) is 20.0. The van der Waals surface area contributed by atoms with Crippen LogP contribution in [-0.2, 0) is 11.3 Å². The molecule has 144 valence electrons. The van der Waals surface area contributed by atoms with Crippen LogP contribution in [0.4, 0.5) is 10.5 Å². The number of anilines is 1. The van der Waals surface area contributed by atoms with Gasteiger partial charge in [-0.2, -0.15) is 0 Å². The molecule has 1 aromatic heterocycles. The van der Waals surface area contributed by atoms with Crippen molar-refractivity contribution in [2.24, 2.45) is 5.92 Å². The molecule has 0 unspecified atom stereocenters. The normalized spacial score (nSPS) is 14.8. The maximum Gasteiger partial charge on any atom is 0.410 e. The number of amides is 1. The van der Waals surface area contributed by atoms with E-state index in [2.05, 4.69) is 16.4 Å². The third-order valence-electron chi connectivity index (χ3n) is 5.31. The molecule has 0 saturated carbocycles. The van der Waals surface area contributed by atoms with Gasteiger partial charge in [-0.15, -0.1) is 0 Å². The average Bonchev–Trinajstić information content (AvgIpc) is 2.77. The predicted molar refractivity (Wildman–Crippen MR) is 111 cm³/mol. The van der Waals surface area contributed by atoms with E-state index in [4.69, 9.17) is 4.74 Å². The van der Waals surface area contributed by atoms with Crippen molar-refractivity contribution in [2.45, 2.75) is 19.4 Å². The summed E-state index contributed by atoms with van der Waals surface area (Å²) in [4.78, 5) is 18.5. The maximum absolute atomic E-state index is 12.3. The fourth-order valence-electron chi connectivity index (χ4n) is 3.63. The van der Waals surface area contributed by atoms with Crippen molar-refractivity contribution in [3.63, 3.8) is 0 Å². The molecule has 3 aromatic rings.